The summed E-state index contributed by atoms with van der Waals surface area (Å²) in [6, 6.07) is 13.0. The van der Waals surface area contributed by atoms with Gasteiger partial charge in [0.15, 0.2) is 6.29 Å². The van der Waals surface area contributed by atoms with Gasteiger partial charge in [0.1, 0.15) is 0 Å². The van der Waals surface area contributed by atoms with E-state index in [1.54, 1.807) is 12.1 Å². The summed E-state index contributed by atoms with van der Waals surface area (Å²) in [7, 11) is 1.53. The number of hydrogen-bond acceptors (Lipinski definition) is 3. The second-order valence-electron chi connectivity index (χ2n) is 8.17. The van der Waals surface area contributed by atoms with Crippen molar-refractivity contribution in [3.63, 3.8) is 0 Å². The van der Waals surface area contributed by atoms with Gasteiger partial charge in [-0.2, -0.15) is 0 Å². The van der Waals surface area contributed by atoms with Gasteiger partial charge < -0.3 is 19.7 Å². The molecule has 164 valence electrons. The molecule has 7 heteroatoms. The molecule has 0 saturated heterocycles. The van der Waals surface area contributed by atoms with Gasteiger partial charge in [0.05, 0.1) is 16.8 Å². The number of benzene rings is 2. The number of carbonyl (C=O) groups is 1. The molecule has 1 amide bonds. The van der Waals surface area contributed by atoms with E-state index in [9.17, 15) is 9.90 Å². The predicted octanol–water partition coefficient (Wildman–Crippen LogP) is 5.44. The lowest BCUT2D eigenvalue weighted by Gasteiger charge is -2.30. The van der Waals surface area contributed by atoms with Crippen LogP contribution in [-0.2, 0) is 4.74 Å². The molecule has 0 radical (unpaired) electrons. The number of amides is 1. The lowest BCUT2D eigenvalue weighted by atomic mass is 9.81. The highest BCUT2D eigenvalue weighted by atomic mass is 35.5. The van der Waals surface area contributed by atoms with E-state index in [4.69, 9.17) is 27.9 Å². The molecular formula is C24H26Cl2N2O3. The SMILES string of the molecule is COC(O)C1CCC(CNC(=O)c2cc(Cl)ccc2-n2ccc3cc(Cl)ccc32)CC1. The summed E-state index contributed by atoms with van der Waals surface area (Å²) < 4.78 is 7.02. The van der Waals surface area contributed by atoms with Gasteiger partial charge in [-0.1, -0.05) is 23.2 Å². The van der Waals surface area contributed by atoms with Crippen LogP contribution in [0.4, 0.5) is 0 Å². The fourth-order valence-electron chi connectivity index (χ4n) is 4.43. The molecule has 1 aliphatic rings. The van der Waals surface area contributed by atoms with Crippen molar-refractivity contribution in [1.29, 1.82) is 0 Å². The summed E-state index contributed by atoms with van der Waals surface area (Å²) in [5, 5.41) is 15.1. The van der Waals surface area contributed by atoms with E-state index in [1.807, 2.05) is 41.1 Å². The van der Waals surface area contributed by atoms with Crippen molar-refractivity contribution in [2.45, 2.75) is 32.0 Å². The summed E-state index contributed by atoms with van der Waals surface area (Å²) in [4.78, 5) is 13.1. The van der Waals surface area contributed by atoms with Crippen molar-refractivity contribution in [3.05, 3.63) is 64.3 Å². The van der Waals surface area contributed by atoms with Gasteiger partial charge in [-0.15, -0.1) is 0 Å². The van der Waals surface area contributed by atoms with Crippen LogP contribution in [0, 0.1) is 11.8 Å². The van der Waals surface area contributed by atoms with Crippen LogP contribution in [0.1, 0.15) is 36.0 Å². The molecule has 1 fully saturated rings. The van der Waals surface area contributed by atoms with E-state index in [0.29, 0.717) is 28.1 Å². The van der Waals surface area contributed by atoms with Crippen molar-refractivity contribution in [3.8, 4) is 5.69 Å². The number of hydrogen-bond donors (Lipinski definition) is 2. The number of rotatable bonds is 6. The van der Waals surface area contributed by atoms with E-state index < -0.39 is 6.29 Å². The molecule has 1 aliphatic carbocycles. The Kier molecular flexibility index (Phi) is 6.87. The number of nitrogens with zero attached hydrogens (tertiary/aromatic N) is 1. The van der Waals surface area contributed by atoms with Crippen LogP contribution in [0.15, 0.2) is 48.7 Å². The topological polar surface area (TPSA) is 63.5 Å². The number of fused-ring (bicyclic) bond motifs is 1. The van der Waals surface area contributed by atoms with Crippen molar-refractivity contribution in [2.75, 3.05) is 13.7 Å². The summed E-state index contributed by atoms with van der Waals surface area (Å²) in [5.74, 6) is 0.417. The largest absolute Gasteiger partial charge is 0.368 e. The molecule has 1 heterocycles. The van der Waals surface area contributed by atoms with Crippen LogP contribution in [0.5, 0.6) is 0 Å². The summed E-state index contributed by atoms with van der Waals surface area (Å²) in [6.45, 7) is 0.600. The van der Waals surface area contributed by atoms with Crippen LogP contribution in [0.3, 0.4) is 0 Å². The minimum absolute atomic E-state index is 0.146. The van der Waals surface area contributed by atoms with E-state index in [0.717, 1.165) is 42.3 Å². The van der Waals surface area contributed by atoms with Gasteiger partial charge in [-0.05, 0) is 74.1 Å². The Bertz CT molecular complexity index is 1070. The van der Waals surface area contributed by atoms with Crippen LogP contribution < -0.4 is 5.32 Å². The first-order valence-electron chi connectivity index (χ1n) is 10.5. The average molecular weight is 461 g/mol. The van der Waals surface area contributed by atoms with Crippen molar-refractivity contribution >= 4 is 40.0 Å². The smallest absolute Gasteiger partial charge is 0.253 e. The minimum Gasteiger partial charge on any atom is -0.368 e. The van der Waals surface area contributed by atoms with E-state index in [1.165, 1.54) is 7.11 Å². The number of aliphatic hydroxyl groups is 1. The monoisotopic (exact) mass is 460 g/mol. The van der Waals surface area contributed by atoms with E-state index in [-0.39, 0.29) is 11.8 Å². The highest BCUT2D eigenvalue weighted by Crippen LogP contribution is 2.31. The molecule has 31 heavy (non-hydrogen) atoms. The van der Waals surface area contributed by atoms with Gasteiger partial charge in [-0.3, -0.25) is 4.79 Å². The maximum Gasteiger partial charge on any atom is 0.253 e. The lowest BCUT2D eigenvalue weighted by molar-refractivity contribution is -0.122. The third-order valence-corrected chi connectivity index (χ3v) is 6.67. The Balaban J connectivity index is 1.49. The number of halogens is 2. The van der Waals surface area contributed by atoms with Crippen LogP contribution in [-0.4, -0.2) is 35.5 Å². The first-order valence-corrected chi connectivity index (χ1v) is 11.3. The van der Waals surface area contributed by atoms with Gasteiger partial charge in [0.25, 0.3) is 5.91 Å². The third kappa shape index (κ3) is 4.90. The predicted molar refractivity (Wildman–Crippen MR) is 124 cm³/mol. The first kappa shape index (κ1) is 22.2. The molecule has 0 spiro atoms. The number of ether oxygens (including phenoxy) is 1. The van der Waals surface area contributed by atoms with Crippen molar-refractivity contribution in [2.24, 2.45) is 11.8 Å². The zero-order chi connectivity index (χ0) is 22.0. The number of carbonyl (C=O) groups excluding carboxylic acids is 1. The summed E-state index contributed by atoms with van der Waals surface area (Å²) in [5.41, 5.74) is 2.27. The Hall–Kier alpha value is -2.05. The Morgan fingerprint density at radius 2 is 1.84 bits per heavy atom. The molecule has 4 rings (SSSR count). The Labute approximate surface area is 191 Å². The highest BCUT2D eigenvalue weighted by Gasteiger charge is 2.27. The Morgan fingerprint density at radius 3 is 2.58 bits per heavy atom. The molecule has 2 N–H and O–H groups in total. The zero-order valence-electron chi connectivity index (χ0n) is 17.4. The summed E-state index contributed by atoms with van der Waals surface area (Å²) in [6.07, 6.45) is 4.94. The number of aromatic nitrogens is 1. The molecule has 0 aliphatic heterocycles. The normalized spacial score (nSPS) is 20.0. The molecule has 2 aromatic carbocycles. The molecular weight excluding hydrogens is 435 g/mol. The van der Waals surface area contributed by atoms with Gasteiger partial charge in [0, 0.05) is 41.2 Å². The molecule has 1 atom stereocenters. The van der Waals surface area contributed by atoms with E-state index >= 15 is 0 Å². The Morgan fingerprint density at radius 1 is 1.13 bits per heavy atom. The fraction of sp³-hybridized carbons (Fsp3) is 0.375. The van der Waals surface area contributed by atoms with Crippen LogP contribution in [0.2, 0.25) is 10.0 Å². The molecule has 1 aromatic heterocycles. The van der Waals surface area contributed by atoms with Crippen LogP contribution >= 0.6 is 23.2 Å². The zero-order valence-corrected chi connectivity index (χ0v) is 18.9. The lowest BCUT2D eigenvalue weighted by Crippen LogP contribution is -2.34. The number of aliphatic hydroxyl groups excluding tert-OH is 1. The standard InChI is InChI=1S/C24H26Cl2N2O3/c1-31-24(30)16-4-2-15(3-5-16)14-27-23(29)20-13-19(26)7-9-22(20)28-11-10-17-12-18(25)6-8-21(17)28/h6-13,15-16,24,30H,2-5,14H2,1H3,(H,27,29). The average Bonchev–Trinajstić information content (AvgIpc) is 3.20. The van der Waals surface area contributed by atoms with Gasteiger partial charge in [-0.25, -0.2) is 0 Å². The maximum atomic E-state index is 13.1. The molecule has 3 aromatic rings. The second-order valence-corrected chi connectivity index (χ2v) is 9.04. The van der Waals surface area contributed by atoms with Gasteiger partial charge >= 0.3 is 0 Å². The van der Waals surface area contributed by atoms with Gasteiger partial charge in [0.2, 0.25) is 0 Å². The first-order chi connectivity index (χ1) is 15.0. The van der Waals surface area contributed by atoms with Crippen molar-refractivity contribution in [1.82, 2.24) is 9.88 Å². The number of methoxy groups -OCH3 is 1. The molecule has 0 bridgehead atoms. The highest BCUT2D eigenvalue weighted by molar-refractivity contribution is 6.31. The minimum atomic E-state index is -0.698. The van der Waals surface area contributed by atoms with E-state index in [2.05, 4.69) is 5.32 Å². The number of nitrogens with one attached hydrogen (secondary N) is 1. The second kappa shape index (κ2) is 9.61. The fourth-order valence-corrected chi connectivity index (χ4v) is 4.78. The summed E-state index contributed by atoms with van der Waals surface area (Å²) >= 11 is 12.3. The third-order valence-electron chi connectivity index (χ3n) is 6.20. The van der Waals surface area contributed by atoms with Crippen LogP contribution in [0.25, 0.3) is 16.6 Å². The molecule has 1 unspecified atom stereocenters. The quantitative estimate of drug-likeness (QED) is 0.481. The van der Waals surface area contributed by atoms with Crippen molar-refractivity contribution < 1.29 is 14.6 Å². The maximum absolute atomic E-state index is 13.1. The molecule has 5 nitrogen and oxygen atoms in total. The molecule has 1 saturated carbocycles.